The van der Waals surface area contributed by atoms with Crippen LogP contribution in [0.15, 0.2) is 42.9 Å². The van der Waals surface area contributed by atoms with Gasteiger partial charge in [-0.05, 0) is 63.3 Å². The van der Waals surface area contributed by atoms with Gasteiger partial charge in [0, 0.05) is 25.0 Å². The second-order valence-electron chi connectivity index (χ2n) is 6.84. The van der Waals surface area contributed by atoms with E-state index in [0.717, 1.165) is 12.6 Å². The Bertz CT molecular complexity index is 423. The number of nitrogens with zero attached hydrogens (tertiary/aromatic N) is 2. The van der Waals surface area contributed by atoms with Crippen molar-refractivity contribution in [3.8, 4) is 0 Å². The molecule has 0 bridgehead atoms. The fraction of sp³-hybridized carbons (Fsp3) is 0.650. The molecule has 1 saturated heterocycles. The lowest BCUT2D eigenvalue weighted by Gasteiger charge is -2.43. The van der Waals surface area contributed by atoms with Crippen molar-refractivity contribution in [2.45, 2.75) is 76.0 Å². The van der Waals surface area contributed by atoms with Gasteiger partial charge in [0.1, 0.15) is 0 Å². The lowest BCUT2D eigenvalue weighted by atomic mass is 9.93. The van der Waals surface area contributed by atoms with Crippen LogP contribution in [-0.4, -0.2) is 34.7 Å². The Morgan fingerprint density at radius 3 is 2.26 bits per heavy atom. The molecule has 0 N–H and O–H groups in total. The molecule has 3 aliphatic rings. The van der Waals surface area contributed by atoms with E-state index >= 15 is 0 Å². The summed E-state index contributed by atoms with van der Waals surface area (Å²) < 4.78 is 6.03. The second-order valence-corrected chi connectivity index (χ2v) is 6.84. The van der Waals surface area contributed by atoms with Gasteiger partial charge in [0.05, 0.1) is 12.1 Å². The first-order chi connectivity index (χ1) is 11.4. The Labute approximate surface area is 140 Å². The van der Waals surface area contributed by atoms with Crippen molar-refractivity contribution in [2.75, 3.05) is 6.61 Å². The highest BCUT2D eigenvalue weighted by Crippen LogP contribution is 2.32. The predicted octanol–water partition coefficient (Wildman–Crippen LogP) is 4.56. The van der Waals surface area contributed by atoms with Crippen LogP contribution in [0.5, 0.6) is 0 Å². The Kier molecular flexibility index (Phi) is 6.51. The molecule has 0 radical (unpaired) electrons. The number of ether oxygens (including phenoxy) is 1. The highest BCUT2D eigenvalue weighted by molar-refractivity contribution is 5.00. The maximum absolute atomic E-state index is 6.03. The van der Waals surface area contributed by atoms with Crippen LogP contribution in [0.4, 0.5) is 0 Å². The molecule has 4 rings (SSSR count). The third-order valence-electron chi connectivity index (χ3n) is 5.25. The van der Waals surface area contributed by atoms with Crippen molar-refractivity contribution >= 4 is 0 Å². The predicted molar refractivity (Wildman–Crippen MR) is 94.1 cm³/mol. The zero-order valence-corrected chi connectivity index (χ0v) is 14.1. The summed E-state index contributed by atoms with van der Waals surface area (Å²) in [6.07, 6.45) is 20.8. The van der Waals surface area contributed by atoms with E-state index in [9.17, 15) is 0 Å². The van der Waals surface area contributed by atoms with Gasteiger partial charge in [0.25, 0.3) is 0 Å². The quantitative estimate of drug-likeness (QED) is 0.800. The van der Waals surface area contributed by atoms with Crippen molar-refractivity contribution < 1.29 is 4.74 Å². The van der Waals surface area contributed by atoms with Gasteiger partial charge < -0.3 is 9.64 Å². The number of rotatable bonds is 2. The molecule has 0 amide bonds. The number of hydrogen-bond acceptors (Lipinski definition) is 3. The number of pyridine rings is 1. The van der Waals surface area contributed by atoms with Crippen LogP contribution in [-0.2, 0) is 4.74 Å². The van der Waals surface area contributed by atoms with Crippen LogP contribution in [0.25, 0.3) is 0 Å². The molecule has 3 heteroatoms. The summed E-state index contributed by atoms with van der Waals surface area (Å²) in [6, 6.07) is 7.19. The minimum Gasteiger partial charge on any atom is -0.376 e. The van der Waals surface area contributed by atoms with Crippen molar-refractivity contribution in [1.29, 1.82) is 0 Å². The van der Waals surface area contributed by atoms with Gasteiger partial charge in [-0.15, -0.1) is 0 Å². The van der Waals surface area contributed by atoms with E-state index in [4.69, 9.17) is 4.74 Å². The molecule has 1 aromatic rings. The van der Waals surface area contributed by atoms with Gasteiger partial charge in [-0.1, -0.05) is 25.0 Å². The van der Waals surface area contributed by atoms with Crippen LogP contribution >= 0.6 is 0 Å². The van der Waals surface area contributed by atoms with E-state index in [2.05, 4.69) is 22.2 Å². The summed E-state index contributed by atoms with van der Waals surface area (Å²) in [6.45, 7) is 0.989. The maximum atomic E-state index is 6.03. The Balaban J connectivity index is 0.000000220. The van der Waals surface area contributed by atoms with Crippen molar-refractivity contribution in [3.63, 3.8) is 0 Å². The van der Waals surface area contributed by atoms with Crippen LogP contribution in [0.1, 0.15) is 57.8 Å². The van der Waals surface area contributed by atoms with E-state index < -0.39 is 0 Å². The Morgan fingerprint density at radius 1 is 0.870 bits per heavy atom. The molecule has 2 fully saturated rings. The van der Waals surface area contributed by atoms with Crippen LogP contribution < -0.4 is 0 Å². The standard InChI is InChI=1S/C15H25NO.C5H5N/c1-2-8-13(7-1)16-11-5-3-9-14(16)15-10-4-6-12-17-15;1-2-4-6-5-3-1/h5,11,13-15H,1-4,6-10,12H2;1-5H. The topological polar surface area (TPSA) is 25.4 Å². The van der Waals surface area contributed by atoms with Gasteiger partial charge in [-0.3, -0.25) is 4.98 Å². The van der Waals surface area contributed by atoms with Crippen molar-refractivity contribution in [1.82, 2.24) is 9.88 Å². The summed E-state index contributed by atoms with van der Waals surface area (Å²) in [5, 5.41) is 0. The van der Waals surface area contributed by atoms with Gasteiger partial charge >= 0.3 is 0 Å². The highest BCUT2D eigenvalue weighted by atomic mass is 16.5. The summed E-state index contributed by atoms with van der Waals surface area (Å²) >= 11 is 0. The molecule has 1 saturated carbocycles. The average Bonchev–Trinajstić information content (AvgIpc) is 3.19. The third-order valence-corrected chi connectivity index (χ3v) is 5.25. The monoisotopic (exact) mass is 314 g/mol. The minimum absolute atomic E-state index is 0.509. The lowest BCUT2D eigenvalue weighted by molar-refractivity contribution is -0.0434. The first kappa shape index (κ1) is 16.5. The largest absolute Gasteiger partial charge is 0.376 e. The Morgan fingerprint density at radius 2 is 1.65 bits per heavy atom. The average molecular weight is 314 g/mol. The SMILES string of the molecule is C1=CN(C2CCCC2)C(C2CCCCO2)CC1.c1ccncc1. The zero-order chi connectivity index (χ0) is 15.7. The molecule has 3 heterocycles. The lowest BCUT2D eigenvalue weighted by Crippen LogP contribution is -2.48. The molecule has 126 valence electrons. The van der Waals surface area contributed by atoms with Gasteiger partial charge in [0.2, 0.25) is 0 Å². The molecule has 2 unspecified atom stereocenters. The highest BCUT2D eigenvalue weighted by Gasteiger charge is 2.33. The van der Waals surface area contributed by atoms with Crippen molar-refractivity contribution in [2.24, 2.45) is 0 Å². The summed E-state index contributed by atoms with van der Waals surface area (Å²) in [5.74, 6) is 0. The van der Waals surface area contributed by atoms with Gasteiger partial charge in [-0.2, -0.15) is 0 Å². The minimum atomic E-state index is 0.509. The molecule has 1 aromatic heterocycles. The first-order valence-electron chi connectivity index (χ1n) is 9.36. The van der Waals surface area contributed by atoms with Gasteiger partial charge in [0.15, 0.2) is 0 Å². The number of aromatic nitrogens is 1. The Hall–Kier alpha value is -1.35. The van der Waals surface area contributed by atoms with E-state index in [1.807, 2.05) is 18.2 Å². The second kappa shape index (κ2) is 9.07. The fourth-order valence-electron chi connectivity index (χ4n) is 4.08. The van der Waals surface area contributed by atoms with Crippen LogP contribution in [0, 0.1) is 0 Å². The third kappa shape index (κ3) is 4.81. The molecule has 23 heavy (non-hydrogen) atoms. The zero-order valence-electron chi connectivity index (χ0n) is 14.1. The van der Waals surface area contributed by atoms with Gasteiger partial charge in [-0.25, -0.2) is 0 Å². The molecule has 0 spiro atoms. The molecule has 3 nitrogen and oxygen atoms in total. The smallest absolute Gasteiger partial charge is 0.0778 e. The molecular weight excluding hydrogens is 284 g/mol. The summed E-state index contributed by atoms with van der Waals surface area (Å²) in [7, 11) is 0. The summed E-state index contributed by atoms with van der Waals surface area (Å²) in [5.41, 5.74) is 0. The summed E-state index contributed by atoms with van der Waals surface area (Å²) in [4.78, 5) is 6.44. The fourth-order valence-corrected chi connectivity index (χ4v) is 4.08. The van der Waals surface area contributed by atoms with E-state index in [-0.39, 0.29) is 0 Å². The van der Waals surface area contributed by atoms with E-state index in [1.54, 1.807) is 12.4 Å². The molecule has 0 aromatic carbocycles. The van der Waals surface area contributed by atoms with E-state index in [1.165, 1.54) is 57.8 Å². The number of hydrogen-bond donors (Lipinski definition) is 0. The van der Waals surface area contributed by atoms with E-state index in [0.29, 0.717) is 12.1 Å². The normalized spacial score (nSPS) is 28.3. The van der Waals surface area contributed by atoms with Crippen molar-refractivity contribution in [3.05, 3.63) is 42.9 Å². The molecule has 1 aliphatic carbocycles. The maximum Gasteiger partial charge on any atom is 0.0778 e. The molecular formula is C20H30N2O. The number of allylic oxidation sites excluding steroid dienone is 1. The molecule has 2 atom stereocenters. The van der Waals surface area contributed by atoms with Crippen LogP contribution in [0.2, 0.25) is 0 Å². The first-order valence-corrected chi connectivity index (χ1v) is 9.36. The molecule has 2 aliphatic heterocycles. The van der Waals surface area contributed by atoms with Crippen LogP contribution in [0.3, 0.4) is 0 Å².